The molecule has 0 atom stereocenters. The molecule has 2 N–H and O–H groups in total. The van der Waals surface area contributed by atoms with Crippen LogP contribution in [-0.2, 0) is 6.42 Å². The standard InChI is InChI=1S/C16H27FN4/c1-19(2)5-6-20-7-9-21(10-8-20)16-12-14(3-4-18)11-15(17)13-16/h11-13H,3-10,18H2,1-2H3. The number of piperazine rings is 1. The highest BCUT2D eigenvalue weighted by Crippen LogP contribution is 2.20. The van der Waals surface area contributed by atoms with E-state index in [1.54, 1.807) is 12.1 Å². The van der Waals surface area contributed by atoms with Crippen LogP contribution in [0, 0.1) is 5.82 Å². The van der Waals surface area contributed by atoms with Crippen molar-refractivity contribution in [3.8, 4) is 0 Å². The van der Waals surface area contributed by atoms with Gasteiger partial charge in [0.2, 0.25) is 0 Å². The first kappa shape index (κ1) is 16.2. The fourth-order valence-electron chi connectivity index (χ4n) is 2.70. The van der Waals surface area contributed by atoms with Crippen LogP contribution in [0.2, 0.25) is 0 Å². The second-order valence-electron chi connectivity index (χ2n) is 5.99. The first-order valence-corrected chi connectivity index (χ1v) is 7.70. The second kappa shape index (κ2) is 7.73. The summed E-state index contributed by atoms with van der Waals surface area (Å²) in [7, 11) is 4.20. The van der Waals surface area contributed by atoms with Gasteiger partial charge in [-0.1, -0.05) is 0 Å². The second-order valence-corrected chi connectivity index (χ2v) is 5.99. The molecule has 1 aliphatic heterocycles. The predicted molar refractivity (Wildman–Crippen MR) is 86.4 cm³/mol. The Bertz CT molecular complexity index is 442. The summed E-state index contributed by atoms with van der Waals surface area (Å²) in [4.78, 5) is 6.95. The summed E-state index contributed by atoms with van der Waals surface area (Å²) in [5, 5.41) is 0. The number of hydrogen-bond acceptors (Lipinski definition) is 4. The molecular weight excluding hydrogens is 267 g/mol. The Balaban J connectivity index is 1.92. The Kier molecular flexibility index (Phi) is 5.96. The first-order chi connectivity index (χ1) is 10.1. The van der Waals surface area contributed by atoms with E-state index >= 15 is 0 Å². The van der Waals surface area contributed by atoms with Gasteiger partial charge in [0.1, 0.15) is 5.82 Å². The monoisotopic (exact) mass is 294 g/mol. The molecule has 2 rings (SSSR count). The molecule has 0 aromatic heterocycles. The fourth-order valence-corrected chi connectivity index (χ4v) is 2.70. The van der Waals surface area contributed by atoms with Crippen molar-refractivity contribution in [3.05, 3.63) is 29.6 Å². The number of nitrogens with two attached hydrogens (primary N) is 1. The largest absolute Gasteiger partial charge is 0.369 e. The molecule has 1 aromatic carbocycles. The van der Waals surface area contributed by atoms with Crippen molar-refractivity contribution in [2.24, 2.45) is 5.73 Å². The highest BCUT2D eigenvalue weighted by Gasteiger charge is 2.17. The molecule has 0 unspecified atom stereocenters. The third kappa shape index (κ3) is 4.95. The van der Waals surface area contributed by atoms with Gasteiger partial charge in [-0.05, 0) is 50.8 Å². The molecule has 21 heavy (non-hydrogen) atoms. The van der Waals surface area contributed by atoms with Crippen molar-refractivity contribution in [2.45, 2.75) is 6.42 Å². The van der Waals surface area contributed by atoms with Crippen LogP contribution in [0.4, 0.5) is 10.1 Å². The minimum atomic E-state index is -0.161. The van der Waals surface area contributed by atoms with Gasteiger partial charge in [0.05, 0.1) is 0 Å². The zero-order valence-corrected chi connectivity index (χ0v) is 13.2. The maximum Gasteiger partial charge on any atom is 0.125 e. The van der Waals surface area contributed by atoms with E-state index < -0.39 is 0 Å². The molecule has 1 aliphatic rings. The van der Waals surface area contributed by atoms with Gasteiger partial charge < -0.3 is 15.5 Å². The van der Waals surface area contributed by atoms with Gasteiger partial charge >= 0.3 is 0 Å². The SMILES string of the molecule is CN(C)CCN1CCN(c2cc(F)cc(CCN)c2)CC1. The van der Waals surface area contributed by atoms with Gasteiger partial charge in [-0.2, -0.15) is 0 Å². The minimum absolute atomic E-state index is 0.161. The van der Waals surface area contributed by atoms with E-state index in [2.05, 4.69) is 34.9 Å². The molecule has 0 amide bonds. The number of hydrogen-bond donors (Lipinski definition) is 1. The van der Waals surface area contributed by atoms with Gasteiger partial charge in [-0.15, -0.1) is 0 Å². The molecule has 0 spiro atoms. The lowest BCUT2D eigenvalue weighted by molar-refractivity contribution is 0.229. The smallest absolute Gasteiger partial charge is 0.125 e. The minimum Gasteiger partial charge on any atom is -0.369 e. The molecule has 1 fully saturated rings. The third-order valence-electron chi connectivity index (χ3n) is 3.98. The molecule has 1 aromatic rings. The average Bonchev–Trinajstić information content (AvgIpc) is 2.45. The number of rotatable bonds is 6. The zero-order chi connectivity index (χ0) is 15.2. The summed E-state index contributed by atoms with van der Waals surface area (Å²) in [6.07, 6.45) is 0.730. The van der Waals surface area contributed by atoms with E-state index in [1.807, 2.05) is 0 Å². The summed E-state index contributed by atoms with van der Waals surface area (Å²) in [6, 6.07) is 5.30. The van der Waals surface area contributed by atoms with Crippen LogP contribution in [0.3, 0.4) is 0 Å². The summed E-state index contributed by atoms with van der Waals surface area (Å²) in [5.41, 5.74) is 7.55. The summed E-state index contributed by atoms with van der Waals surface area (Å²) in [6.45, 7) is 6.73. The topological polar surface area (TPSA) is 35.7 Å². The lowest BCUT2D eigenvalue weighted by Gasteiger charge is -2.36. The Morgan fingerprint density at radius 1 is 1.14 bits per heavy atom. The summed E-state index contributed by atoms with van der Waals surface area (Å²) < 4.78 is 13.7. The first-order valence-electron chi connectivity index (χ1n) is 7.70. The lowest BCUT2D eigenvalue weighted by atomic mass is 10.1. The van der Waals surface area contributed by atoms with Crippen LogP contribution in [0.1, 0.15) is 5.56 Å². The van der Waals surface area contributed by atoms with E-state index in [4.69, 9.17) is 5.73 Å². The van der Waals surface area contributed by atoms with Crippen LogP contribution in [0.25, 0.3) is 0 Å². The Hall–Kier alpha value is -1.17. The van der Waals surface area contributed by atoms with E-state index in [-0.39, 0.29) is 5.82 Å². The van der Waals surface area contributed by atoms with Crippen LogP contribution in [-0.4, -0.2) is 69.7 Å². The molecule has 0 aliphatic carbocycles. The number of benzene rings is 1. The van der Waals surface area contributed by atoms with Crippen molar-refractivity contribution >= 4 is 5.69 Å². The molecule has 118 valence electrons. The molecule has 0 bridgehead atoms. The molecule has 0 radical (unpaired) electrons. The normalized spacial score (nSPS) is 16.7. The zero-order valence-electron chi connectivity index (χ0n) is 13.2. The van der Waals surface area contributed by atoms with Gasteiger partial charge in [0.25, 0.3) is 0 Å². The fraction of sp³-hybridized carbons (Fsp3) is 0.625. The van der Waals surface area contributed by atoms with Crippen molar-refractivity contribution < 1.29 is 4.39 Å². The molecule has 1 saturated heterocycles. The summed E-state index contributed by atoms with van der Waals surface area (Å²) in [5.74, 6) is -0.161. The quantitative estimate of drug-likeness (QED) is 0.849. The number of halogens is 1. The number of anilines is 1. The van der Waals surface area contributed by atoms with Crippen molar-refractivity contribution in [1.29, 1.82) is 0 Å². The van der Waals surface area contributed by atoms with E-state index in [1.165, 1.54) is 0 Å². The maximum absolute atomic E-state index is 13.7. The molecule has 1 heterocycles. The van der Waals surface area contributed by atoms with Crippen LogP contribution in [0.5, 0.6) is 0 Å². The average molecular weight is 294 g/mol. The highest BCUT2D eigenvalue weighted by atomic mass is 19.1. The van der Waals surface area contributed by atoms with Crippen molar-refractivity contribution in [3.63, 3.8) is 0 Å². The van der Waals surface area contributed by atoms with Gasteiger partial charge in [-0.3, -0.25) is 4.90 Å². The molecular formula is C16H27FN4. The molecule has 5 heteroatoms. The van der Waals surface area contributed by atoms with Crippen molar-refractivity contribution in [2.75, 3.05) is 64.8 Å². The van der Waals surface area contributed by atoms with Crippen LogP contribution in [0.15, 0.2) is 18.2 Å². The predicted octanol–water partition coefficient (Wildman–Crippen LogP) is 1.01. The lowest BCUT2D eigenvalue weighted by Crippen LogP contribution is -2.48. The van der Waals surface area contributed by atoms with Gasteiger partial charge in [0, 0.05) is 45.0 Å². The summed E-state index contributed by atoms with van der Waals surface area (Å²) >= 11 is 0. The van der Waals surface area contributed by atoms with Gasteiger partial charge in [0.15, 0.2) is 0 Å². The molecule has 0 saturated carbocycles. The number of nitrogens with zero attached hydrogens (tertiary/aromatic N) is 3. The Labute approximate surface area is 127 Å². The van der Waals surface area contributed by atoms with E-state index in [9.17, 15) is 4.39 Å². The Morgan fingerprint density at radius 3 is 2.48 bits per heavy atom. The van der Waals surface area contributed by atoms with Gasteiger partial charge in [-0.25, -0.2) is 4.39 Å². The van der Waals surface area contributed by atoms with Crippen molar-refractivity contribution in [1.82, 2.24) is 9.80 Å². The third-order valence-corrected chi connectivity index (χ3v) is 3.98. The van der Waals surface area contributed by atoms with Crippen LogP contribution < -0.4 is 10.6 Å². The number of likely N-dealkylation sites (N-methyl/N-ethyl adjacent to an activating group) is 1. The van der Waals surface area contributed by atoms with E-state index in [0.717, 1.165) is 56.9 Å². The maximum atomic E-state index is 13.7. The highest BCUT2D eigenvalue weighted by molar-refractivity contribution is 5.49. The Morgan fingerprint density at radius 2 is 1.86 bits per heavy atom. The molecule has 4 nitrogen and oxygen atoms in total. The van der Waals surface area contributed by atoms with E-state index in [0.29, 0.717) is 6.54 Å². The van der Waals surface area contributed by atoms with Crippen LogP contribution >= 0.6 is 0 Å².